The predicted octanol–water partition coefficient (Wildman–Crippen LogP) is 2.29. The average Bonchev–Trinajstić information content (AvgIpc) is 3.10. The van der Waals surface area contributed by atoms with Gasteiger partial charge in [0.15, 0.2) is 0 Å². The first-order valence-electron chi connectivity index (χ1n) is 9.03. The maximum absolute atomic E-state index is 12.2. The number of carbonyl (C=O) groups is 1. The van der Waals surface area contributed by atoms with Gasteiger partial charge in [0.1, 0.15) is 0 Å². The third-order valence-corrected chi connectivity index (χ3v) is 5.32. The van der Waals surface area contributed by atoms with Gasteiger partial charge in [-0.3, -0.25) is 9.69 Å². The number of likely N-dealkylation sites (tertiary alicyclic amines) is 1. The van der Waals surface area contributed by atoms with Gasteiger partial charge in [0.05, 0.1) is 5.92 Å². The number of nitrogens with one attached hydrogen (secondary N) is 2. The maximum atomic E-state index is 12.2. The molecule has 0 unspecified atom stereocenters. The first-order valence-corrected chi connectivity index (χ1v) is 9.03. The van der Waals surface area contributed by atoms with Crippen molar-refractivity contribution in [1.82, 2.24) is 15.5 Å². The molecule has 126 valence electrons. The Morgan fingerprint density at radius 1 is 1.26 bits per heavy atom. The van der Waals surface area contributed by atoms with Gasteiger partial charge in [-0.2, -0.15) is 0 Å². The predicted molar refractivity (Wildman–Crippen MR) is 93.0 cm³/mol. The van der Waals surface area contributed by atoms with Crippen molar-refractivity contribution in [3.8, 4) is 0 Å². The Balaban J connectivity index is 1.59. The maximum Gasteiger partial charge on any atom is 0.224 e. The molecule has 1 aromatic rings. The normalized spacial score (nSPS) is 25.4. The van der Waals surface area contributed by atoms with Crippen molar-refractivity contribution < 1.29 is 4.79 Å². The summed E-state index contributed by atoms with van der Waals surface area (Å²) in [5.74, 6) is 0.334. The van der Waals surface area contributed by atoms with Crippen molar-refractivity contribution in [1.29, 1.82) is 0 Å². The highest BCUT2D eigenvalue weighted by Gasteiger charge is 2.22. The van der Waals surface area contributed by atoms with Crippen LogP contribution in [0.2, 0.25) is 0 Å². The summed E-state index contributed by atoms with van der Waals surface area (Å²) in [5.41, 5.74) is 2.61. The molecule has 4 nitrogen and oxygen atoms in total. The molecule has 2 aliphatic heterocycles. The van der Waals surface area contributed by atoms with Gasteiger partial charge in [0.25, 0.3) is 0 Å². The summed E-state index contributed by atoms with van der Waals surface area (Å²) in [4.78, 5) is 14.8. The molecule has 2 N–H and O–H groups in total. The van der Waals surface area contributed by atoms with Crippen LogP contribution >= 0.6 is 0 Å². The van der Waals surface area contributed by atoms with Crippen molar-refractivity contribution in [2.24, 2.45) is 5.92 Å². The summed E-state index contributed by atoms with van der Waals surface area (Å²) in [6.07, 6.45) is 4.91. The largest absolute Gasteiger partial charge is 0.352 e. The monoisotopic (exact) mass is 315 g/mol. The van der Waals surface area contributed by atoms with Crippen LogP contribution in [0.25, 0.3) is 0 Å². The Kier molecular flexibility index (Phi) is 5.68. The third-order valence-electron chi connectivity index (χ3n) is 5.32. The van der Waals surface area contributed by atoms with Crippen LogP contribution in [0, 0.1) is 5.92 Å². The SMILES string of the molecule is C[C@H]1CCCCN1Cc1ccccc1CNC(=O)[C@@H]1CCNC1. The third kappa shape index (κ3) is 4.33. The second-order valence-electron chi connectivity index (χ2n) is 6.99. The minimum atomic E-state index is 0.143. The minimum absolute atomic E-state index is 0.143. The van der Waals surface area contributed by atoms with Crippen LogP contribution < -0.4 is 10.6 Å². The molecule has 3 rings (SSSR count). The lowest BCUT2D eigenvalue weighted by atomic mass is 10.0. The van der Waals surface area contributed by atoms with Gasteiger partial charge in [-0.15, -0.1) is 0 Å². The standard InChI is InChI=1S/C19H29N3O/c1-15-6-4-5-11-22(15)14-18-8-3-2-7-16(18)13-21-19(23)17-9-10-20-12-17/h2-3,7-8,15,17,20H,4-6,9-14H2,1H3,(H,21,23)/t15-,17+/m0/s1. The number of nitrogens with zero attached hydrogens (tertiary/aromatic N) is 1. The molecule has 23 heavy (non-hydrogen) atoms. The van der Waals surface area contributed by atoms with Gasteiger partial charge in [-0.25, -0.2) is 0 Å². The fourth-order valence-corrected chi connectivity index (χ4v) is 3.70. The van der Waals surface area contributed by atoms with Crippen molar-refractivity contribution in [2.75, 3.05) is 19.6 Å². The van der Waals surface area contributed by atoms with Gasteiger partial charge < -0.3 is 10.6 Å². The highest BCUT2D eigenvalue weighted by molar-refractivity contribution is 5.79. The van der Waals surface area contributed by atoms with E-state index in [9.17, 15) is 4.79 Å². The van der Waals surface area contributed by atoms with E-state index in [0.29, 0.717) is 12.6 Å². The molecule has 0 spiro atoms. The van der Waals surface area contributed by atoms with E-state index in [1.54, 1.807) is 0 Å². The molecule has 1 amide bonds. The van der Waals surface area contributed by atoms with E-state index in [0.717, 1.165) is 26.1 Å². The smallest absolute Gasteiger partial charge is 0.224 e. The molecule has 0 aliphatic carbocycles. The number of rotatable bonds is 5. The topological polar surface area (TPSA) is 44.4 Å². The summed E-state index contributed by atoms with van der Waals surface area (Å²) in [6, 6.07) is 9.20. The van der Waals surface area contributed by atoms with Gasteiger partial charge in [0, 0.05) is 25.7 Å². The number of piperidine rings is 1. The molecule has 0 aromatic heterocycles. The summed E-state index contributed by atoms with van der Waals surface area (Å²) < 4.78 is 0. The minimum Gasteiger partial charge on any atom is -0.352 e. The van der Waals surface area contributed by atoms with E-state index in [4.69, 9.17) is 0 Å². The van der Waals surface area contributed by atoms with E-state index in [1.807, 2.05) is 0 Å². The number of hydrogen-bond acceptors (Lipinski definition) is 3. The number of benzene rings is 1. The Bertz CT molecular complexity index is 525. The van der Waals surface area contributed by atoms with E-state index in [-0.39, 0.29) is 11.8 Å². The van der Waals surface area contributed by atoms with Crippen LogP contribution in [-0.4, -0.2) is 36.5 Å². The molecular formula is C19H29N3O. The van der Waals surface area contributed by atoms with Crippen LogP contribution in [0.5, 0.6) is 0 Å². The average molecular weight is 315 g/mol. The zero-order chi connectivity index (χ0) is 16.1. The van der Waals surface area contributed by atoms with E-state index >= 15 is 0 Å². The lowest BCUT2D eigenvalue weighted by Gasteiger charge is -2.33. The zero-order valence-corrected chi connectivity index (χ0v) is 14.2. The van der Waals surface area contributed by atoms with Crippen molar-refractivity contribution >= 4 is 5.91 Å². The quantitative estimate of drug-likeness (QED) is 0.876. The van der Waals surface area contributed by atoms with Crippen LogP contribution in [0.4, 0.5) is 0 Å². The molecule has 2 saturated heterocycles. The molecule has 1 aromatic carbocycles. The van der Waals surface area contributed by atoms with Gasteiger partial charge in [-0.05, 0) is 50.4 Å². The summed E-state index contributed by atoms with van der Waals surface area (Å²) in [5, 5.41) is 6.39. The van der Waals surface area contributed by atoms with E-state index in [2.05, 4.69) is 46.7 Å². The number of amides is 1. The molecule has 2 atom stereocenters. The lowest BCUT2D eigenvalue weighted by Crippen LogP contribution is -2.37. The molecule has 0 bridgehead atoms. The Morgan fingerprint density at radius 3 is 2.83 bits per heavy atom. The van der Waals surface area contributed by atoms with Crippen molar-refractivity contribution in [3.63, 3.8) is 0 Å². The van der Waals surface area contributed by atoms with Gasteiger partial charge in [-0.1, -0.05) is 30.7 Å². The molecular weight excluding hydrogens is 286 g/mol. The van der Waals surface area contributed by atoms with Crippen LogP contribution in [0.3, 0.4) is 0 Å². The highest BCUT2D eigenvalue weighted by atomic mass is 16.1. The Hall–Kier alpha value is -1.39. The van der Waals surface area contributed by atoms with Gasteiger partial charge >= 0.3 is 0 Å². The highest BCUT2D eigenvalue weighted by Crippen LogP contribution is 2.21. The molecule has 0 saturated carbocycles. The van der Waals surface area contributed by atoms with Crippen molar-refractivity contribution in [2.45, 2.75) is 51.7 Å². The van der Waals surface area contributed by atoms with E-state index < -0.39 is 0 Å². The first kappa shape index (κ1) is 16.5. The van der Waals surface area contributed by atoms with Crippen LogP contribution in [-0.2, 0) is 17.9 Å². The number of carbonyl (C=O) groups excluding carboxylic acids is 1. The van der Waals surface area contributed by atoms with Gasteiger partial charge in [0.2, 0.25) is 5.91 Å². The van der Waals surface area contributed by atoms with E-state index in [1.165, 1.54) is 36.9 Å². The summed E-state index contributed by atoms with van der Waals surface area (Å²) >= 11 is 0. The number of hydrogen-bond donors (Lipinski definition) is 2. The lowest BCUT2D eigenvalue weighted by molar-refractivity contribution is -0.124. The zero-order valence-electron chi connectivity index (χ0n) is 14.2. The molecule has 4 heteroatoms. The van der Waals surface area contributed by atoms with Crippen LogP contribution in [0.1, 0.15) is 43.7 Å². The van der Waals surface area contributed by atoms with Crippen molar-refractivity contribution in [3.05, 3.63) is 35.4 Å². The Labute approximate surface area is 139 Å². The first-order chi connectivity index (χ1) is 11.2. The summed E-state index contributed by atoms with van der Waals surface area (Å²) in [6.45, 7) is 6.94. The fraction of sp³-hybridized carbons (Fsp3) is 0.632. The Morgan fingerprint density at radius 2 is 2.09 bits per heavy atom. The molecule has 2 aliphatic rings. The van der Waals surface area contributed by atoms with Crippen LogP contribution in [0.15, 0.2) is 24.3 Å². The second kappa shape index (κ2) is 7.93. The molecule has 0 radical (unpaired) electrons. The fourth-order valence-electron chi connectivity index (χ4n) is 3.70. The second-order valence-corrected chi connectivity index (χ2v) is 6.99. The molecule has 2 fully saturated rings. The molecule has 2 heterocycles. The summed E-state index contributed by atoms with van der Waals surface area (Å²) in [7, 11) is 0.